The van der Waals surface area contributed by atoms with Crippen LogP contribution < -0.4 is 5.32 Å². The highest BCUT2D eigenvalue weighted by atomic mass is 16.6. The van der Waals surface area contributed by atoms with E-state index in [1.807, 2.05) is 18.2 Å². The first-order valence-corrected chi connectivity index (χ1v) is 5.96. The average Bonchev–Trinajstić information content (AvgIpc) is 2.37. The van der Waals surface area contributed by atoms with Crippen LogP contribution in [0.3, 0.4) is 0 Å². The number of amidine groups is 1. The van der Waals surface area contributed by atoms with Crippen molar-refractivity contribution in [1.82, 2.24) is 10.2 Å². The molecule has 92 valence electrons. The lowest BCUT2D eigenvalue weighted by Crippen LogP contribution is -2.51. The van der Waals surface area contributed by atoms with Gasteiger partial charge in [-0.25, -0.2) is 0 Å². The second-order valence-corrected chi connectivity index (χ2v) is 4.26. The normalized spacial score (nSPS) is 21.4. The molecule has 1 aromatic carbocycles. The number of hydrogen-bond donors (Lipinski definition) is 1. The van der Waals surface area contributed by atoms with Gasteiger partial charge in [-0.3, -0.25) is 0 Å². The first-order chi connectivity index (χ1) is 8.31. The molecule has 1 saturated heterocycles. The zero-order valence-corrected chi connectivity index (χ0v) is 10.4. The van der Waals surface area contributed by atoms with Crippen molar-refractivity contribution in [3.63, 3.8) is 0 Å². The van der Waals surface area contributed by atoms with Gasteiger partial charge < -0.3 is 15.1 Å². The van der Waals surface area contributed by atoms with Gasteiger partial charge in [-0.15, -0.1) is 0 Å². The predicted molar refractivity (Wildman–Crippen MR) is 69.0 cm³/mol. The monoisotopic (exact) mass is 233 g/mol. The van der Waals surface area contributed by atoms with E-state index in [4.69, 9.17) is 4.84 Å². The van der Waals surface area contributed by atoms with Crippen molar-refractivity contribution >= 4 is 5.84 Å². The Kier molecular flexibility index (Phi) is 3.98. The molecule has 17 heavy (non-hydrogen) atoms. The molecule has 0 aliphatic carbocycles. The summed E-state index contributed by atoms with van der Waals surface area (Å²) in [4.78, 5) is 7.24. The van der Waals surface area contributed by atoms with Crippen LogP contribution in [0.2, 0.25) is 0 Å². The molecule has 4 heteroatoms. The highest BCUT2D eigenvalue weighted by Crippen LogP contribution is 2.09. The summed E-state index contributed by atoms with van der Waals surface area (Å²) in [5, 5.41) is 7.59. The number of hydrogen-bond acceptors (Lipinski definition) is 3. The van der Waals surface area contributed by atoms with E-state index in [1.54, 1.807) is 7.11 Å². The van der Waals surface area contributed by atoms with Crippen LogP contribution in [-0.2, 0) is 4.84 Å². The molecule has 1 aromatic rings. The van der Waals surface area contributed by atoms with Crippen LogP contribution in [-0.4, -0.2) is 43.5 Å². The lowest BCUT2D eigenvalue weighted by Gasteiger charge is -2.33. The molecule has 1 heterocycles. The number of rotatable bonds is 2. The predicted octanol–water partition coefficient (Wildman–Crippen LogP) is 1.29. The summed E-state index contributed by atoms with van der Waals surface area (Å²) in [6.45, 7) is 5.08. The molecule has 1 N–H and O–H groups in total. The molecule has 1 aliphatic heterocycles. The number of oxime groups is 1. The van der Waals surface area contributed by atoms with Crippen molar-refractivity contribution < 1.29 is 4.84 Å². The van der Waals surface area contributed by atoms with E-state index in [-0.39, 0.29) is 0 Å². The van der Waals surface area contributed by atoms with Crippen LogP contribution in [0.15, 0.2) is 35.5 Å². The molecule has 4 nitrogen and oxygen atoms in total. The standard InChI is InChI=1S/C13H19N3O/c1-11-10-16(9-8-14-11)13(15-17-2)12-6-4-3-5-7-12/h3-7,11,14H,8-10H2,1-2H3/b15-13-/t11-/m1/s1. The lowest BCUT2D eigenvalue weighted by molar-refractivity contribution is 0.201. The molecule has 0 unspecified atom stereocenters. The Labute approximate surface area is 102 Å². The van der Waals surface area contributed by atoms with E-state index in [2.05, 4.69) is 34.4 Å². The van der Waals surface area contributed by atoms with Gasteiger partial charge in [-0.2, -0.15) is 0 Å². The molecule has 2 rings (SSSR count). The second kappa shape index (κ2) is 5.68. The van der Waals surface area contributed by atoms with Gasteiger partial charge in [-0.1, -0.05) is 35.5 Å². The Morgan fingerprint density at radius 3 is 2.82 bits per heavy atom. The Balaban J connectivity index is 2.21. The van der Waals surface area contributed by atoms with Crippen LogP contribution in [0, 0.1) is 0 Å². The molecule has 0 saturated carbocycles. The fraction of sp³-hybridized carbons (Fsp3) is 0.462. The first-order valence-electron chi connectivity index (χ1n) is 5.96. The van der Waals surface area contributed by atoms with Crippen molar-refractivity contribution in [3.05, 3.63) is 35.9 Å². The molecule has 0 aromatic heterocycles. The Morgan fingerprint density at radius 1 is 1.41 bits per heavy atom. The maximum atomic E-state index is 4.97. The van der Waals surface area contributed by atoms with E-state index in [0.29, 0.717) is 6.04 Å². The largest absolute Gasteiger partial charge is 0.397 e. The zero-order chi connectivity index (χ0) is 12.1. The summed E-state index contributed by atoms with van der Waals surface area (Å²) in [5.74, 6) is 0.918. The van der Waals surface area contributed by atoms with Crippen molar-refractivity contribution in [2.24, 2.45) is 5.16 Å². The molecular formula is C13H19N3O. The minimum absolute atomic E-state index is 0.481. The van der Waals surface area contributed by atoms with Gasteiger partial charge >= 0.3 is 0 Å². The zero-order valence-electron chi connectivity index (χ0n) is 10.4. The molecule has 0 spiro atoms. The van der Waals surface area contributed by atoms with Crippen molar-refractivity contribution in [2.75, 3.05) is 26.7 Å². The minimum atomic E-state index is 0.481. The molecule has 0 bridgehead atoms. The van der Waals surface area contributed by atoms with Gasteiger partial charge in [0.25, 0.3) is 0 Å². The van der Waals surface area contributed by atoms with E-state index < -0.39 is 0 Å². The third-order valence-electron chi connectivity index (χ3n) is 2.88. The van der Waals surface area contributed by atoms with Crippen LogP contribution in [0.25, 0.3) is 0 Å². The van der Waals surface area contributed by atoms with Gasteiger partial charge in [0, 0.05) is 31.2 Å². The molecule has 1 atom stereocenters. The van der Waals surface area contributed by atoms with E-state index >= 15 is 0 Å². The lowest BCUT2D eigenvalue weighted by atomic mass is 10.1. The van der Waals surface area contributed by atoms with Crippen LogP contribution >= 0.6 is 0 Å². The van der Waals surface area contributed by atoms with Gasteiger partial charge in [-0.05, 0) is 6.92 Å². The number of benzene rings is 1. The molecule has 0 radical (unpaired) electrons. The van der Waals surface area contributed by atoms with Crippen LogP contribution in [0.4, 0.5) is 0 Å². The van der Waals surface area contributed by atoms with E-state index in [0.717, 1.165) is 31.0 Å². The van der Waals surface area contributed by atoms with Crippen LogP contribution in [0.5, 0.6) is 0 Å². The molecule has 1 aliphatic rings. The van der Waals surface area contributed by atoms with Crippen molar-refractivity contribution in [2.45, 2.75) is 13.0 Å². The summed E-state index contributed by atoms with van der Waals surface area (Å²) >= 11 is 0. The Hall–Kier alpha value is -1.55. The molecule has 0 amide bonds. The van der Waals surface area contributed by atoms with E-state index in [1.165, 1.54) is 0 Å². The first kappa shape index (κ1) is 11.9. The average molecular weight is 233 g/mol. The smallest absolute Gasteiger partial charge is 0.175 e. The fourth-order valence-corrected chi connectivity index (χ4v) is 2.09. The molecular weight excluding hydrogens is 214 g/mol. The number of piperazine rings is 1. The SMILES string of the molecule is CO/N=C(/c1ccccc1)N1CCN[C@H](C)C1. The third-order valence-corrected chi connectivity index (χ3v) is 2.88. The van der Waals surface area contributed by atoms with Gasteiger partial charge in [0.15, 0.2) is 5.84 Å². The van der Waals surface area contributed by atoms with Crippen LogP contribution in [0.1, 0.15) is 12.5 Å². The minimum Gasteiger partial charge on any atom is -0.397 e. The summed E-state index contributed by atoms with van der Waals surface area (Å²) in [6, 6.07) is 10.6. The van der Waals surface area contributed by atoms with E-state index in [9.17, 15) is 0 Å². The summed E-state index contributed by atoms with van der Waals surface area (Å²) in [5.41, 5.74) is 1.10. The number of nitrogens with zero attached hydrogens (tertiary/aromatic N) is 2. The second-order valence-electron chi connectivity index (χ2n) is 4.26. The maximum Gasteiger partial charge on any atom is 0.175 e. The van der Waals surface area contributed by atoms with Gasteiger partial charge in [0.05, 0.1) is 0 Å². The quantitative estimate of drug-likeness (QED) is 0.475. The van der Waals surface area contributed by atoms with Gasteiger partial charge in [0.1, 0.15) is 7.11 Å². The fourth-order valence-electron chi connectivity index (χ4n) is 2.09. The third kappa shape index (κ3) is 2.97. The van der Waals surface area contributed by atoms with Crippen molar-refractivity contribution in [3.8, 4) is 0 Å². The highest BCUT2D eigenvalue weighted by molar-refractivity contribution is 5.98. The number of nitrogens with one attached hydrogen (secondary N) is 1. The summed E-state index contributed by atoms with van der Waals surface area (Å²) in [6.07, 6.45) is 0. The van der Waals surface area contributed by atoms with Crippen molar-refractivity contribution in [1.29, 1.82) is 0 Å². The van der Waals surface area contributed by atoms with Gasteiger partial charge in [0.2, 0.25) is 0 Å². The maximum absolute atomic E-state index is 4.97. The highest BCUT2D eigenvalue weighted by Gasteiger charge is 2.20. The topological polar surface area (TPSA) is 36.9 Å². The Bertz CT molecular complexity index is 378. The summed E-state index contributed by atoms with van der Waals surface area (Å²) in [7, 11) is 1.59. The molecule has 1 fully saturated rings. The Morgan fingerprint density at radius 2 is 2.18 bits per heavy atom. The summed E-state index contributed by atoms with van der Waals surface area (Å²) < 4.78 is 0.